The third kappa shape index (κ3) is 4.40. The monoisotopic (exact) mass is 285 g/mol. The Morgan fingerprint density at radius 1 is 1.35 bits per heavy atom. The fraction of sp³-hybridized carbons (Fsp3) is 0.769. The summed E-state index contributed by atoms with van der Waals surface area (Å²) in [6.07, 6.45) is 2.45. The number of nitrogens with two attached hydrogens (primary N) is 1. The number of nitrogens with zero attached hydrogens (tertiary/aromatic N) is 1. The van der Waals surface area contributed by atoms with Gasteiger partial charge in [0.1, 0.15) is 12.1 Å². The highest BCUT2D eigenvalue weighted by Gasteiger charge is 2.35. The molecular weight excluding hydrogens is 262 g/mol. The van der Waals surface area contributed by atoms with E-state index in [0.29, 0.717) is 19.4 Å². The Hall–Kier alpha value is -1.79. The molecule has 114 valence electrons. The molecule has 0 aromatic rings. The predicted octanol–water partition coefficient (Wildman–Crippen LogP) is 0.535. The summed E-state index contributed by atoms with van der Waals surface area (Å²) in [5, 5.41) is 11.6. The van der Waals surface area contributed by atoms with Gasteiger partial charge in [0.2, 0.25) is 5.91 Å². The van der Waals surface area contributed by atoms with E-state index in [-0.39, 0.29) is 11.8 Å². The minimum absolute atomic E-state index is 0.184. The van der Waals surface area contributed by atoms with Gasteiger partial charge in [-0.1, -0.05) is 13.8 Å². The van der Waals surface area contributed by atoms with E-state index in [4.69, 9.17) is 5.73 Å². The smallest absolute Gasteiger partial charge is 0.326 e. The molecule has 4 N–H and O–H groups in total. The topological polar surface area (TPSA) is 113 Å². The lowest BCUT2D eigenvalue weighted by molar-refractivity contribution is -0.153. The number of carbonyl (C=O) groups excluding carboxylic acids is 2. The number of piperidine rings is 1. The fourth-order valence-corrected chi connectivity index (χ4v) is 2.52. The van der Waals surface area contributed by atoms with Crippen LogP contribution in [-0.2, 0) is 9.59 Å². The molecule has 1 rings (SSSR count). The summed E-state index contributed by atoms with van der Waals surface area (Å²) in [5.41, 5.74) is 5.09. The summed E-state index contributed by atoms with van der Waals surface area (Å²) in [6, 6.07) is -2.33. The van der Waals surface area contributed by atoms with Crippen LogP contribution in [0.1, 0.15) is 39.5 Å². The van der Waals surface area contributed by atoms with E-state index in [9.17, 15) is 19.5 Å². The van der Waals surface area contributed by atoms with Crippen LogP contribution >= 0.6 is 0 Å². The normalized spacial score (nSPS) is 20.6. The lowest BCUT2D eigenvalue weighted by Gasteiger charge is -2.35. The van der Waals surface area contributed by atoms with Gasteiger partial charge in [-0.3, -0.25) is 4.79 Å². The number of rotatable bonds is 5. The zero-order valence-electron chi connectivity index (χ0n) is 12.0. The average Bonchev–Trinajstić information content (AvgIpc) is 2.36. The van der Waals surface area contributed by atoms with E-state index < -0.39 is 24.1 Å². The molecule has 1 aliphatic heterocycles. The van der Waals surface area contributed by atoms with Crippen LogP contribution in [0.25, 0.3) is 0 Å². The molecule has 1 fully saturated rings. The minimum Gasteiger partial charge on any atom is -0.480 e. The Bertz CT molecular complexity index is 384. The lowest BCUT2D eigenvalue weighted by atomic mass is 9.98. The third-order valence-electron chi connectivity index (χ3n) is 3.39. The van der Waals surface area contributed by atoms with E-state index in [2.05, 4.69) is 5.32 Å². The van der Waals surface area contributed by atoms with Crippen molar-refractivity contribution in [3.63, 3.8) is 0 Å². The first-order valence-electron chi connectivity index (χ1n) is 6.92. The van der Waals surface area contributed by atoms with Crippen molar-refractivity contribution < 1.29 is 19.5 Å². The van der Waals surface area contributed by atoms with Gasteiger partial charge in [-0.2, -0.15) is 0 Å². The maximum absolute atomic E-state index is 12.5. The Labute approximate surface area is 118 Å². The van der Waals surface area contributed by atoms with Crippen molar-refractivity contribution in [2.45, 2.75) is 51.6 Å². The van der Waals surface area contributed by atoms with Crippen LogP contribution in [-0.4, -0.2) is 46.5 Å². The summed E-state index contributed by atoms with van der Waals surface area (Å²) in [4.78, 5) is 36.1. The van der Waals surface area contributed by atoms with E-state index in [1.807, 2.05) is 13.8 Å². The number of carboxylic acid groups (broad SMARTS) is 1. The lowest BCUT2D eigenvalue weighted by Crippen LogP contribution is -2.56. The zero-order chi connectivity index (χ0) is 15.3. The van der Waals surface area contributed by atoms with Gasteiger partial charge in [0.05, 0.1) is 0 Å². The zero-order valence-corrected chi connectivity index (χ0v) is 12.0. The SMILES string of the molecule is CC(C)CC(NC(N)=O)C(=O)N1CCCC[C@H]1C(=O)O. The molecule has 1 saturated heterocycles. The number of hydrogen-bond donors (Lipinski definition) is 3. The standard InChI is InChI=1S/C13H23N3O4/c1-8(2)7-9(15-13(14)20)11(17)16-6-4-3-5-10(16)12(18)19/h8-10H,3-7H2,1-2H3,(H,18,19)(H3,14,15,20)/t9?,10-/m0/s1. The van der Waals surface area contributed by atoms with Crippen molar-refractivity contribution in [3.8, 4) is 0 Å². The predicted molar refractivity (Wildman–Crippen MR) is 72.9 cm³/mol. The van der Waals surface area contributed by atoms with Crippen molar-refractivity contribution in [1.82, 2.24) is 10.2 Å². The molecule has 2 atom stereocenters. The maximum atomic E-state index is 12.5. The Kier molecular flexibility index (Phi) is 5.79. The molecule has 0 aromatic heterocycles. The van der Waals surface area contributed by atoms with Gasteiger partial charge in [0.15, 0.2) is 0 Å². The molecule has 0 aromatic carbocycles. The molecule has 20 heavy (non-hydrogen) atoms. The Morgan fingerprint density at radius 3 is 2.50 bits per heavy atom. The van der Waals surface area contributed by atoms with Crippen molar-refractivity contribution >= 4 is 17.9 Å². The number of primary amides is 1. The fourth-order valence-electron chi connectivity index (χ4n) is 2.52. The number of urea groups is 1. The third-order valence-corrected chi connectivity index (χ3v) is 3.39. The number of aliphatic carboxylic acids is 1. The second-order valence-electron chi connectivity index (χ2n) is 5.57. The number of hydrogen-bond acceptors (Lipinski definition) is 3. The number of carbonyl (C=O) groups is 3. The first-order chi connectivity index (χ1) is 9.32. The van der Waals surface area contributed by atoms with Crippen LogP contribution in [0.4, 0.5) is 4.79 Å². The van der Waals surface area contributed by atoms with Crippen LogP contribution < -0.4 is 11.1 Å². The van der Waals surface area contributed by atoms with Crippen LogP contribution in [0, 0.1) is 5.92 Å². The van der Waals surface area contributed by atoms with E-state index >= 15 is 0 Å². The van der Waals surface area contributed by atoms with Gasteiger partial charge in [0, 0.05) is 6.54 Å². The first kappa shape index (κ1) is 16.3. The van der Waals surface area contributed by atoms with Crippen LogP contribution in [0.2, 0.25) is 0 Å². The summed E-state index contributed by atoms with van der Waals surface area (Å²) in [7, 11) is 0. The number of nitrogens with one attached hydrogen (secondary N) is 1. The molecule has 0 saturated carbocycles. The molecule has 7 nitrogen and oxygen atoms in total. The van der Waals surface area contributed by atoms with Crippen molar-refractivity contribution in [1.29, 1.82) is 0 Å². The molecular formula is C13H23N3O4. The van der Waals surface area contributed by atoms with Gasteiger partial charge in [-0.25, -0.2) is 9.59 Å². The number of carboxylic acids is 1. The van der Waals surface area contributed by atoms with Gasteiger partial charge in [-0.05, 0) is 31.6 Å². The second-order valence-corrected chi connectivity index (χ2v) is 5.57. The van der Waals surface area contributed by atoms with Crippen molar-refractivity contribution in [2.75, 3.05) is 6.54 Å². The first-order valence-corrected chi connectivity index (χ1v) is 6.92. The highest BCUT2D eigenvalue weighted by molar-refractivity contribution is 5.90. The molecule has 0 bridgehead atoms. The average molecular weight is 285 g/mol. The van der Waals surface area contributed by atoms with Gasteiger partial charge in [-0.15, -0.1) is 0 Å². The molecule has 3 amide bonds. The molecule has 1 aliphatic rings. The second kappa shape index (κ2) is 7.12. The minimum atomic E-state index is -1.000. The highest BCUT2D eigenvalue weighted by atomic mass is 16.4. The summed E-state index contributed by atoms with van der Waals surface area (Å²) >= 11 is 0. The molecule has 7 heteroatoms. The van der Waals surface area contributed by atoms with Crippen LogP contribution in [0.15, 0.2) is 0 Å². The summed E-state index contributed by atoms with van der Waals surface area (Å²) < 4.78 is 0. The molecule has 0 spiro atoms. The molecule has 1 heterocycles. The van der Waals surface area contributed by atoms with E-state index in [0.717, 1.165) is 12.8 Å². The quantitative estimate of drug-likeness (QED) is 0.684. The molecule has 1 unspecified atom stereocenters. The van der Waals surface area contributed by atoms with E-state index in [1.54, 1.807) is 0 Å². The molecule has 0 aliphatic carbocycles. The highest BCUT2D eigenvalue weighted by Crippen LogP contribution is 2.19. The van der Waals surface area contributed by atoms with Crippen LogP contribution in [0.5, 0.6) is 0 Å². The molecule has 0 radical (unpaired) electrons. The number of likely N-dealkylation sites (tertiary alicyclic amines) is 1. The Morgan fingerprint density at radius 2 is 2.00 bits per heavy atom. The largest absolute Gasteiger partial charge is 0.480 e. The van der Waals surface area contributed by atoms with Crippen LogP contribution in [0.3, 0.4) is 0 Å². The number of amides is 3. The van der Waals surface area contributed by atoms with Gasteiger partial charge >= 0.3 is 12.0 Å². The van der Waals surface area contributed by atoms with Crippen molar-refractivity contribution in [3.05, 3.63) is 0 Å². The summed E-state index contributed by atoms with van der Waals surface area (Å²) in [5.74, 6) is -1.17. The Balaban J connectivity index is 2.84. The van der Waals surface area contributed by atoms with Gasteiger partial charge < -0.3 is 21.1 Å². The maximum Gasteiger partial charge on any atom is 0.326 e. The summed E-state index contributed by atoms with van der Waals surface area (Å²) in [6.45, 7) is 4.26. The van der Waals surface area contributed by atoms with Gasteiger partial charge in [0.25, 0.3) is 0 Å². The van der Waals surface area contributed by atoms with Crippen molar-refractivity contribution in [2.24, 2.45) is 11.7 Å². The van der Waals surface area contributed by atoms with E-state index in [1.165, 1.54) is 4.90 Å².